The molecule has 3 fully saturated rings. The number of aromatic nitrogens is 2. The molecular weight excluding hydrogens is 645 g/mol. The van der Waals surface area contributed by atoms with Crippen molar-refractivity contribution in [2.45, 2.75) is 52.8 Å². The number of hydrogen-bond donors (Lipinski definition) is 1. The number of anilines is 1. The quantitative estimate of drug-likeness (QED) is 0.272. The third-order valence-corrected chi connectivity index (χ3v) is 9.26. The van der Waals surface area contributed by atoms with E-state index in [1.807, 2.05) is 11.8 Å². The van der Waals surface area contributed by atoms with Crippen LogP contribution in [0.2, 0.25) is 0 Å². The lowest BCUT2D eigenvalue weighted by Gasteiger charge is -2.36. The van der Waals surface area contributed by atoms with Crippen LogP contribution in [0, 0.1) is 23.7 Å². The number of alkyl halides is 3. The Labute approximate surface area is 283 Å². The predicted molar refractivity (Wildman–Crippen MR) is 172 cm³/mol. The number of rotatable bonds is 11. The Morgan fingerprint density at radius 3 is 2.24 bits per heavy atom. The Morgan fingerprint density at radius 2 is 1.63 bits per heavy atom. The number of nitrogens with one attached hydrogen (secondary N) is 1. The highest BCUT2D eigenvalue weighted by Gasteiger charge is 2.60. The lowest BCUT2D eigenvalue weighted by Crippen LogP contribution is -2.57. The summed E-state index contributed by atoms with van der Waals surface area (Å²) in [7, 11) is 0. The van der Waals surface area contributed by atoms with Crippen molar-refractivity contribution in [2.24, 2.45) is 23.7 Å². The second kappa shape index (κ2) is 15.0. The summed E-state index contributed by atoms with van der Waals surface area (Å²) in [5, 5.41) is 2.80. The van der Waals surface area contributed by atoms with Crippen molar-refractivity contribution >= 4 is 29.7 Å². The Morgan fingerprint density at radius 1 is 0.959 bits per heavy atom. The van der Waals surface area contributed by atoms with Gasteiger partial charge in [0.2, 0.25) is 5.91 Å². The first-order chi connectivity index (χ1) is 23.3. The van der Waals surface area contributed by atoms with Crippen molar-refractivity contribution < 1.29 is 41.8 Å². The van der Waals surface area contributed by atoms with Gasteiger partial charge in [-0.05, 0) is 43.2 Å². The summed E-state index contributed by atoms with van der Waals surface area (Å²) in [6.07, 6.45) is -3.35. The molecule has 12 nitrogen and oxygen atoms in total. The number of ether oxygens (including phenoxy) is 2. The minimum atomic E-state index is -4.60. The molecule has 1 aromatic heterocycles. The number of halogens is 3. The summed E-state index contributed by atoms with van der Waals surface area (Å²) in [4.78, 5) is 66.1. The van der Waals surface area contributed by atoms with Crippen LogP contribution in [0.5, 0.6) is 0 Å². The van der Waals surface area contributed by atoms with E-state index < -0.39 is 29.8 Å². The van der Waals surface area contributed by atoms with Crippen LogP contribution in [0.3, 0.4) is 0 Å². The molecule has 4 atom stereocenters. The average Bonchev–Trinajstić information content (AvgIpc) is 3.59. The molecule has 3 amide bonds. The number of esters is 1. The molecule has 3 heterocycles. The summed E-state index contributed by atoms with van der Waals surface area (Å²) in [5.74, 6) is -1.44. The third kappa shape index (κ3) is 8.24. The minimum Gasteiger partial charge on any atom is -0.466 e. The summed E-state index contributed by atoms with van der Waals surface area (Å²) < 4.78 is 51.2. The zero-order valence-corrected chi connectivity index (χ0v) is 28.2. The fourth-order valence-corrected chi connectivity index (χ4v) is 6.41. The molecule has 0 spiro atoms. The smallest absolute Gasteiger partial charge is 0.416 e. The molecule has 0 radical (unpaired) electrons. The molecular formula is C34H43F3N6O6. The van der Waals surface area contributed by atoms with Crippen molar-refractivity contribution in [3.8, 4) is 11.4 Å². The number of fused-ring (bicyclic) bond motifs is 1. The van der Waals surface area contributed by atoms with E-state index in [9.17, 15) is 32.3 Å². The van der Waals surface area contributed by atoms with Crippen molar-refractivity contribution in [1.82, 2.24) is 25.1 Å². The zero-order chi connectivity index (χ0) is 35.5. The van der Waals surface area contributed by atoms with E-state index >= 15 is 0 Å². The molecule has 2 aromatic rings. The van der Waals surface area contributed by atoms with Gasteiger partial charge in [0.1, 0.15) is 17.6 Å². The molecule has 266 valence electrons. The number of piperazine rings is 1. The molecule has 1 aliphatic carbocycles. The molecule has 0 unspecified atom stereocenters. The molecule has 15 heteroatoms. The number of piperidine rings is 1. The first-order valence-corrected chi connectivity index (χ1v) is 16.8. The van der Waals surface area contributed by atoms with Gasteiger partial charge in [0.25, 0.3) is 5.91 Å². The summed E-state index contributed by atoms with van der Waals surface area (Å²) in [5.41, 5.74) is -0.926. The zero-order valence-electron chi connectivity index (χ0n) is 28.2. The Bertz CT molecular complexity index is 1530. The van der Waals surface area contributed by atoms with Gasteiger partial charge in [-0.15, -0.1) is 0 Å². The van der Waals surface area contributed by atoms with Crippen LogP contribution in [0.15, 0.2) is 30.3 Å². The third-order valence-electron chi connectivity index (χ3n) is 9.26. The second-order valence-electron chi connectivity index (χ2n) is 13.0. The van der Waals surface area contributed by atoms with E-state index in [1.54, 1.807) is 30.6 Å². The van der Waals surface area contributed by atoms with Crippen LogP contribution in [-0.4, -0.2) is 102 Å². The van der Waals surface area contributed by atoms with Crippen molar-refractivity contribution in [3.05, 3.63) is 41.6 Å². The van der Waals surface area contributed by atoms with Gasteiger partial charge in [-0.3, -0.25) is 14.4 Å². The lowest BCUT2D eigenvalue weighted by atomic mass is 10.0. The van der Waals surface area contributed by atoms with Crippen LogP contribution >= 0.6 is 0 Å². The number of carbonyl (C=O) groups is 4. The number of unbranched alkanes of at least 4 members (excludes halogenated alkanes) is 1. The molecule has 0 bridgehead atoms. The first kappa shape index (κ1) is 35.9. The average molecular weight is 689 g/mol. The largest absolute Gasteiger partial charge is 0.466 e. The van der Waals surface area contributed by atoms with E-state index in [0.717, 1.165) is 25.0 Å². The summed E-state index contributed by atoms with van der Waals surface area (Å²) in [6, 6.07) is 5.09. The van der Waals surface area contributed by atoms with Crippen LogP contribution in [0.4, 0.5) is 23.8 Å². The highest BCUT2D eigenvalue weighted by Crippen LogP contribution is 2.53. The molecule has 1 aromatic carbocycles. The van der Waals surface area contributed by atoms with Crippen LogP contribution < -0.4 is 10.2 Å². The fourth-order valence-electron chi connectivity index (χ4n) is 6.41. The van der Waals surface area contributed by atoms with E-state index in [0.29, 0.717) is 38.6 Å². The topological polar surface area (TPSA) is 134 Å². The molecule has 5 rings (SSSR count). The van der Waals surface area contributed by atoms with Gasteiger partial charge in [0, 0.05) is 50.9 Å². The highest BCUT2D eigenvalue weighted by atomic mass is 19.4. The van der Waals surface area contributed by atoms with E-state index in [2.05, 4.69) is 15.3 Å². The van der Waals surface area contributed by atoms with E-state index in [4.69, 9.17) is 9.47 Å². The van der Waals surface area contributed by atoms with Crippen LogP contribution in [-0.2, 0) is 25.2 Å². The minimum absolute atomic E-state index is 0.0462. The first-order valence-electron chi connectivity index (χ1n) is 16.8. The molecule has 1 N–H and O–H groups in total. The SMILES string of the molecule is CCCCOC(=O)N1CCN(C(=O)[C@@H](NC(=O)c2cc(N3C[C@@H]4[C@H](C3)[C@@H]4C(=O)OCC)nc(-c3cccc(C(F)(F)F)c3)n2)C(C)C)CC1. The van der Waals surface area contributed by atoms with E-state index in [1.165, 1.54) is 18.2 Å². The second-order valence-corrected chi connectivity index (χ2v) is 13.0. The van der Waals surface area contributed by atoms with Crippen molar-refractivity contribution in [3.63, 3.8) is 0 Å². The van der Waals surface area contributed by atoms with Crippen molar-refractivity contribution in [2.75, 3.05) is 57.4 Å². The summed E-state index contributed by atoms with van der Waals surface area (Å²) >= 11 is 0. The Balaban J connectivity index is 1.34. The number of benzene rings is 1. The maximum atomic E-state index is 13.8. The van der Waals surface area contributed by atoms with Gasteiger partial charge in [0.15, 0.2) is 5.82 Å². The van der Waals surface area contributed by atoms with Gasteiger partial charge in [-0.1, -0.05) is 39.3 Å². The number of carbonyl (C=O) groups excluding carboxylic acids is 4. The maximum Gasteiger partial charge on any atom is 0.416 e. The number of hydrogen-bond acceptors (Lipinski definition) is 9. The summed E-state index contributed by atoms with van der Waals surface area (Å²) in [6.45, 7) is 9.98. The lowest BCUT2D eigenvalue weighted by molar-refractivity contribution is -0.145. The number of amides is 3. The van der Waals surface area contributed by atoms with Crippen LogP contribution in [0.25, 0.3) is 11.4 Å². The Hall–Kier alpha value is -4.43. The molecule has 2 aliphatic heterocycles. The standard InChI is InChI=1S/C34H43F3N6O6/c1-5-7-15-49-33(47)42-13-11-41(12-14-42)31(45)28(20(3)4)40-30(44)25-17-26(43-18-23-24(19-43)27(23)32(46)48-6-2)39-29(38-25)21-9-8-10-22(16-21)34(35,36)37/h8-10,16-17,20,23-24,27-28H,5-7,11-15,18-19H2,1-4H3,(H,40,44)/t23-,24+,27-,28-/m0/s1. The normalized spacial score (nSPS) is 20.9. The van der Waals surface area contributed by atoms with Gasteiger partial charge in [-0.25, -0.2) is 14.8 Å². The highest BCUT2D eigenvalue weighted by molar-refractivity contribution is 5.97. The molecule has 1 saturated carbocycles. The maximum absolute atomic E-state index is 13.8. The monoisotopic (exact) mass is 688 g/mol. The Kier molecular flexibility index (Phi) is 11.0. The van der Waals surface area contributed by atoms with Crippen molar-refractivity contribution in [1.29, 1.82) is 0 Å². The van der Waals surface area contributed by atoms with Gasteiger partial charge in [0.05, 0.1) is 24.7 Å². The van der Waals surface area contributed by atoms with E-state index in [-0.39, 0.29) is 72.3 Å². The molecule has 49 heavy (non-hydrogen) atoms. The number of nitrogens with zero attached hydrogens (tertiary/aromatic N) is 5. The molecule has 3 aliphatic rings. The van der Waals surface area contributed by atoms with Gasteiger partial charge in [-0.2, -0.15) is 13.2 Å². The fraction of sp³-hybridized carbons (Fsp3) is 0.588. The molecule has 2 saturated heterocycles. The predicted octanol–water partition coefficient (Wildman–Crippen LogP) is 4.24. The van der Waals surface area contributed by atoms with Gasteiger partial charge < -0.3 is 29.5 Å². The van der Waals surface area contributed by atoms with Gasteiger partial charge >= 0.3 is 18.2 Å². The van der Waals surface area contributed by atoms with Crippen LogP contribution in [0.1, 0.15) is 56.6 Å².